The maximum atomic E-state index is 10.6. The van der Waals surface area contributed by atoms with Crippen LogP contribution in [-0.4, -0.2) is 16.6 Å². The highest BCUT2D eigenvalue weighted by Gasteiger charge is 2.41. The molecule has 1 aliphatic carbocycles. The van der Waals surface area contributed by atoms with E-state index < -0.39 is 6.10 Å². The van der Waals surface area contributed by atoms with E-state index in [4.69, 9.17) is 17.3 Å². The lowest BCUT2D eigenvalue weighted by molar-refractivity contribution is -0.0109. The van der Waals surface area contributed by atoms with Crippen LogP contribution in [0.5, 0.6) is 0 Å². The summed E-state index contributed by atoms with van der Waals surface area (Å²) < 4.78 is 0.626. The van der Waals surface area contributed by atoms with E-state index in [9.17, 15) is 5.11 Å². The first-order valence-electron chi connectivity index (χ1n) is 7.10. The highest BCUT2D eigenvalue weighted by Crippen LogP contribution is 2.48. The molecule has 0 amide bonds. The van der Waals surface area contributed by atoms with Crippen molar-refractivity contribution < 1.29 is 5.11 Å². The van der Waals surface area contributed by atoms with E-state index in [1.54, 1.807) is 6.20 Å². The van der Waals surface area contributed by atoms with Gasteiger partial charge in [-0.15, -0.1) is 11.3 Å². The van der Waals surface area contributed by atoms with Crippen molar-refractivity contribution in [3.05, 3.63) is 15.5 Å². The summed E-state index contributed by atoms with van der Waals surface area (Å²) in [7, 11) is 0. The van der Waals surface area contributed by atoms with E-state index in [1.165, 1.54) is 37.0 Å². The van der Waals surface area contributed by atoms with Crippen LogP contribution in [0.4, 0.5) is 0 Å². The number of hydrogen-bond acceptors (Lipinski definition) is 4. The molecule has 19 heavy (non-hydrogen) atoms. The molecule has 1 atom stereocenters. The fourth-order valence-corrected chi connectivity index (χ4v) is 4.25. The SMILES string of the molecule is CCCC1CCC(CN)(C(O)c2ncc(Cl)s2)CC1. The van der Waals surface area contributed by atoms with Crippen LogP contribution in [0.1, 0.15) is 56.6 Å². The second kappa shape index (κ2) is 6.53. The van der Waals surface area contributed by atoms with Gasteiger partial charge in [-0.3, -0.25) is 0 Å². The van der Waals surface area contributed by atoms with Gasteiger partial charge in [0.25, 0.3) is 0 Å². The first kappa shape index (κ1) is 15.2. The van der Waals surface area contributed by atoms with Crippen LogP contribution in [0, 0.1) is 11.3 Å². The Bertz CT molecular complexity index is 402. The zero-order valence-electron chi connectivity index (χ0n) is 11.4. The Morgan fingerprint density at radius 1 is 1.58 bits per heavy atom. The van der Waals surface area contributed by atoms with E-state index in [0.717, 1.165) is 18.8 Å². The van der Waals surface area contributed by atoms with E-state index in [1.807, 2.05) is 0 Å². The predicted molar refractivity (Wildman–Crippen MR) is 80.4 cm³/mol. The summed E-state index contributed by atoms with van der Waals surface area (Å²) in [5.41, 5.74) is 5.78. The van der Waals surface area contributed by atoms with Crippen molar-refractivity contribution in [2.24, 2.45) is 17.1 Å². The second-order valence-corrected chi connectivity index (χ2v) is 7.40. The summed E-state index contributed by atoms with van der Waals surface area (Å²) in [6, 6.07) is 0. The standard InChI is InChI=1S/C14H23ClN2OS/c1-2-3-10-4-6-14(9-16,7-5-10)12(18)13-17-8-11(15)19-13/h8,10,12,18H,2-7,9,16H2,1H3. The molecule has 0 bridgehead atoms. The van der Waals surface area contributed by atoms with Gasteiger partial charge >= 0.3 is 0 Å². The predicted octanol–water partition coefficient (Wildman–Crippen LogP) is 3.77. The topological polar surface area (TPSA) is 59.1 Å². The third kappa shape index (κ3) is 3.30. The summed E-state index contributed by atoms with van der Waals surface area (Å²) in [6.45, 7) is 2.75. The van der Waals surface area contributed by atoms with Crippen LogP contribution in [0.25, 0.3) is 0 Å². The van der Waals surface area contributed by atoms with Crippen molar-refractivity contribution in [3.63, 3.8) is 0 Å². The molecular weight excluding hydrogens is 280 g/mol. The van der Waals surface area contributed by atoms with Crippen LogP contribution in [-0.2, 0) is 0 Å². The molecule has 3 N–H and O–H groups in total. The Morgan fingerprint density at radius 2 is 2.26 bits per heavy atom. The second-order valence-electron chi connectivity index (χ2n) is 5.70. The minimum absolute atomic E-state index is 0.203. The molecule has 1 heterocycles. The first-order chi connectivity index (χ1) is 9.11. The van der Waals surface area contributed by atoms with Gasteiger partial charge in [-0.05, 0) is 31.6 Å². The van der Waals surface area contributed by atoms with Crippen LogP contribution in [0.15, 0.2) is 6.20 Å². The molecule has 1 fully saturated rings. The molecule has 2 rings (SSSR count). The Kier molecular flexibility index (Phi) is 5.23. The molecule has 0 saturated heterocycles. The van der Waals surface area contributed by atoms with Gasteiger partial charge in [-0.1, -0.05) is 31.4 Å². The summed E-state index contributed by atoms with van der Waals surface area (Å²) in [5.74, 6) is 0.803. The van der Waals surface area contributed by atoms with Crippen LogP contribution in [0.3, 0.4) is 0 Å². The van der Waals surface area contributed by atoms with Crippen molar-refractivity contribution >= 4 is 22.9 Å². The Morgan fingerprint density at radius 3 is 2.74 bits per heavy atom. The maximum Gasteiger partial charge on any atom is 0.123 e. The zero-order chi connectivity index (χ0) is 13.9. The number of halogens is 1. The van der Waals surface area contributed by atoms with Crippen molar-refractivity contribution in [3.8, 4) is 0 Å². The number of thiazole rings is 1. The van der Waals surface area contributed by atoms with Gasteiger partial charge in [-0.2, -0.15) is 0 Å². The Balaban J connectivity index is 2.07. The number of aliphatic hydroxyl groups is 1. The molecule has 1 aromatic rings. The van der Waals surface area contributed by atoms with Gasteiger partial charge in [-0.25, -0.2) is 4.98 Å². The van der Waals surface area contributed by atoms with E-state index in [2.05, 4.69) is 11.9 Å². The van der Waals surface area contributed by atoms with Gasteiger partial charge < -0.3 is 10.8 Å². The molecule has 3 nitrogen and oxygen atoms in total. The van der Waals surface area contributed by atoms with Crippen molar-refractivity contribution in [1.82, 2.24) is 4.98 Å². The van der Waals surface area contributed by atoms with Gasteiger partial charge in [0, 0.05) is 12.0 Å². The highest BCUT2D eigenvalue weighted by atomic mass is 35.5. The van der Waals surface area contributed by atoms with Gasteiger partial charge in [0.1, 0.15) is 15.4 Å². The number of rotatable bonds is 5. The normalized spacial score (nSPS) is 29.4. The van der Waals surface area contributed by atoms with Crippen molar-refractivity contribution in [1.29, 1.82) is 0 Å². The van der Waals surface area contributed by atoms with Crippen molar-refractivity contribution in [2.45, 2.75) is 51.6 Å². The maximum absolute atomic E-state index is 10.6. The quantitative estimate of drug-likeness (QED) is 0.870. The fraction of sp³-hybridized carbons (Fsp3) is 0.786. The Labute approximate surface area is 124 Å². The van der Waals surface area contributed by atoms with Crippen LogP contribution < -0.4 is 5.73 Å². The average Bonchev–Trinajstić information content (AvgIpc) is 2.86. The molecule has 0 aliphatic heterocycles. The molecule has 5 heteroatoms. The lowest BCUT2D eigenvalue weighted by Gasteiger charge is -2.42. The molecule has 108 valence electrons. The first-order valence-corrected chi connectivity index (χ1v) is 8.30. The molecule has 0 radical (unpaired) electrons. The summed E-state index contributed by atoms with van der Waals surface area (Å²) >= 11 is 7.27. The number of aromatic nitrogens is 1. The minimum Gasteiger partial charge on any atom is -0.385 e. The molecular formula is C14H23ClN2OS. The van der Waals surface area contributed by atoms with E-state index in [-0.39, 0.29) is 5.41 Å². The molecule has 0 spiro atoms. The summed E-state index contributed by atoms with van der Waals surface area (Å²) in [6.07, 6.45) is 7.89. The lowest BCUT2D eigenvalue weighted by Crippen LogP contribution is -2.40. The van der Waals surface area contributed by atoms with E-state index >= 15 is 0 Å². The zero-order valence-corrected chi connectivity index (χ0v) is 13.0. The lowest BCUT2D eigenvalue weighted by atomic mass is 9.66. The monoisotopic (exact) mass is 302 g/mol. The largest absolute Gasteiger partial charge is 0.385 e. The fourth-order valence-electron chi connectivity index (χ4n) is 3.19. The highest BCUT2D eigenvalue weighted by molar-refractivity contribution is 7.15. The third-order valence-electron chi connectivity index (χ3n) is 4.51. The number of nitrogens with zero attached hydrogens (tertiary/aromatic N) is 1. The Hall–Kier alpha value is -0.160. The van der Waals surface area contributed by atoms with Crippen LogP contribution >= 0.6 is 22.9 Å². The van der Waals surface area contributed by atoms with E-state index in [0.29, 0.717) is 15.9 Å². The number of aliphatic hydroxyl groups excluding tert-OH is 1. The average molecular weight is 303 g/mol. The molecule has 1 aliphatic rings. The van der Waals surface area contributed by atoms with Gasteiger partial charge in [0.05, 0.1) is 6.20 Å². The van der Waals surface area contributed by atoms with Gasteiger partial charge in [0.2, 0.25) is 0 Å². The van der Waals surface area contributed by atoms with Crippen molar-refractivity contribution in [2.75, 3.05) is 6.54 Å². The minimum atomic E-state index is -0.572. The molecule has 1 unspecified atom stereocenters. The summed E-state index contributed by atoms with van der Waals surface area (Å²) in [5, 5.41) is 11.3. The molecule has 1 saturated carbocycles. The molecule has 0 aromatic carbocycles. The third-order valence-corrected chi connectivity index (χ3v) is 5.68. The van der Waals surface area contributed by atoms with Gasteiger partial charge in [0.15, 0.2) is 0 Å². The summed E-state index contributed by atoms with van der Waals surface area (Å²) in [4.78, 5) is 4.22. The number of hydrogen-bond donors (Lipinski definition) is 2. The van der Waals surface area contributed by atoms with Crippen LogP contribution in [0.2, 0.25) is 4.34 Å². The number of nitrogens with two attached hydrogens (primary N) is 1. The molecule has 1 aromatic heterocycles. The smallest absolute Gasteiger partial charge is 0.123 e.